The Kier molecular flexibility index (Phi) is 19.8. The molecule has 1 unspecified atom stereocenters. The Balaban J connectivity index is -0.000000242. The van der Waals surface area contributed by atoms with Gasteiger partial charge in [-0.15, -0.1) is 0 Å². The van der Waals surface area contributed by atoms with Crippen LogP contribution in [0.2, 0.25) is 0 Å². The molecule has 0 saturated heterocycles. The van der Waals surface area contributed by atoms with Gasteiger partial charge in [-0.25, -0.2) is 0 Å². The van der Waals surface area contributed by atoms with Crippen LogP contribution in [0.3, 0.4) is 0 Å². The molecule has 0 saturated carbocycles. The predicted octanol–water partition coefficient (Wildman–Crippen LogP) is -1.72. The Morgan fingerprint density at radius 1 is 1.38 bits per heavy atom. The van der Waals surface area contributed by atoms with E-state index in [1.54, 1.807) is 0 Å². The third-order valence-electron chi connectivity index (χ3n) is 1.59. The molecule has 0 heterocycles. The van der Waals surface area contributed by atoms with Crippen molar-refractivity contribution in [3.63, 3.8) is 0 Å². The van der Waals surface area contributed by atoms with Crippen LogP contribution in [0.15, 0.2) is 0 Å². The minimum Gasteiger partial charge on any atom is -0.481 e. The number of aliphatic carboxylic acids is 2. The van der Waals surface area contributed by atoms with E-state index in [1.165, 1.54) is 12.8 Å². The molecule has 0 aromatic heterocycles. The van der Waals surface area contributed by atoms with Gasteiger partial charge in [-0.2, -0.15) is 6.42 Å². The van der Waals surface area contributed by atoms with Gasteiger partial charge in [-0.1, -0.05) is 19.8 Å². The molecule has 0 amide bonds. The summed E-state index contributed by atoms with van der Waals surface area (Å²) in [7, 11) is 0. The second-order valence-electron chi connectivity index (χ2n) is 3.08. The third kappa shape index (κ3) is 19.5. The first kappa shape index (κ1) is 21.2. The van der Waals surface area contributed by atoms with Crippen LogP contribution in [0, 0.1) is 6.92 Å². The van der Waals surface area contributed by atoms with Crippen molar-refractivity contribution in [1.29, 1.82) is 0 Å². The third-order valence-corrected chi connectivity index (χ3v) is 1.59. The number of hydrogen-bond acceptors (Lipinski definition) is 3. The summed E-state index contributed by atoms with van der Waals surface area (Å²) in [5.74, 6) is -2.20. The number of rotatable bonds is 6. The molecule has 16 heavy (non-hydrogen) atoms. The molecule has 90 valence electrons. The van der Waals surface area contributed by atoms with E-state index in [4.69, 9.17) is 15.9 Å². The smallest absolute Gasteiger partial charge is 0.481 e. The van der Waals surface area contributed by atoms with Crippen molar-refractivity contribution in [3.8, 4) is 0 Å². The molecule has 0 aromatic rings. The van der Waals surface area contributed by atoms with Gasteiger partial charge in [-0.05, 0) is 6.42 Å². The summed E-state index contributed by atoms with van der Waals surface area (Å²) < 4.78 is 0. The molecule has 0 rings (SSSR count). The fourth-order valence-corrected chi connectivity index (χ4v) is 0.652. The van der Waals surface area contributed by atoms with E-state index < -0.39 is 18.0 Å². The maximum atomic E-state index is 9.99. The monoisotopic (exact) mass is 241 g/mol. The molecule has 0 aliphatic rings. The number of unbranched alkanes of at least 4 members (excludes halogenated alkanes) is 2. The summed E-state index contributed by atoms with van der Waals surface area (Å²) in [4.78, 5) is 19.9. The summed E-state index contributed by atoms with van der Waals surface area (Å²) >= 11 is 0. The molecule has 1 atom stereocenters. The summed E-state index contributed by atoms with van der Waals surface area (Å²) in [6, 6.07) is -1.06. The van der Waals surface area contributed by atoms with Crippen molar-refractivity contribution in [1.82, 2.24) is 0 Å². The van der Waals surface area contributed by atoms with E-state index in [-0.39, 0.29) is 42.4 Å². The van der Waals surface area contributed by atoms with Gasteiger partial charge in [0, 0.05) is 6.42 Å². The molecule has 4 N–H and O–H groups in total. The van der Waals surface area contributed by atoms with Gasteiger partial charge in [0.2, 0.25) is 0 Å². The number of hydrogen-bond donors (Lipinski definition) is 3. The molecule has 5 nitrogen and oxygen atoms in total. The first-order chi connectivity index (χ1) is 6.95. The zero-order chi connectivity index (χ0) is 12.3. The van der Waals surface area contributed by atoms with Gasteiger partial charge >= 0.3 is 41.5 Å². The maximum absolute atomic E-state index is 9.99. The molecule has 6 heteroatoms. The molecule has 0 fully saturated rings. The van der Waals surface area contributed by atoms with Crippen LogP contribution in [0.4, 0.5) is 0 Å². The van der Waals surface area contributed by atoms with Gasteiger partial charge in [0.1, 0.15) is 6.04 Å². The van der Waals surface area contributed by atoms with Crippen molar-refractivity contribution in [2.75, 3.05) is 0 Å². The Labute approximate surface area is 119 Å². The van der Waals surface area contributed by atoms with Crippen molar-refractivity contribution in [3.05, 3.63) is 6.92 Å². The fraction of sp³-hybridized carbons (Fsp3) is 0.700. The zero-order valence-electron chi connectivity index (χ0n) is 10.1. The van der Waals surface area contributed by atoms with Gasteiger partial charge in [-0.3, -0.25) is 9.59 Å². The molecule has 0 bridgehead atoms. The Bertz CT molecular complexity index is 186. The largest absolute Gasteiger partial charge is 1.00 e. The predicted molar refractivity (Wildman–Crippen MR) is 57.4 cm³/mol. The Hall–Kier alpha value is -0.100. The van der Waals surface area contributed by atoms with E-state index in [2.05, 4.69) is 13.8 Å². The summed E-state index contributed by atoms with van der Waals surface area (Å²) in [5, 5.41) is 16.3. The van der Waals surface area contributed by atoms with Crippen molar-refractivity contribution in [2.45, 2.75) is 45.1 Å². The second-order valence-corrected chi connectivity index (χ2v) is 3.08. The molecule has 0 spiro atoms. The normalized spacial score (nSPS) is 10.4. The first-order valence-corrected chi connectivity index (χ1v) is 4.95. The number of carboxylic acids is 2. The van der Waals surface area contributed by atoms with Gasteiger partial charge in [0.25, 0.3) is 0 Å². The molecular weight excluding hydrogens is 221 g/mol. The minimum atomic E-state index is -1.17. The van der Waals surface area contributed by atoms with Crippen LogP contribution in [-0.4, -0.2) is 28.2 Å². The number of carboxylic acid groups (broad SMARTS) is 2. The minimum absolute atomic E-state index is 0. The topological polar surface area (TPSA) is 101 Å². The van der Waals surface area contributed by atoms with Crippen molar-refractivity contribution < 1.29 is 49.4 Å². The summed E-state index contributed by atoms with van der Waals surface area (Å²) in [6.45, 7) is 5.85. The molecule has 0 aliphatic carbocycles. The van der Waals surface area contributed by atoms with Gasteiger partial charge in [0.15, 0.2) is 0 Å². The van der Waals surface area contributed by atoms with Crippen LogP contribution in [0.5, 0.6) is 0 Å². The van der Waals surface area contributed by atoms with E-state index >= 15 is 0 Å². The second kappa shape index (κ2) is 14.9. The van der Waals surface area contributed by atoms with Crippen LogP contribution in [0.25, 0.3) is 0 Å². The Morgan fingerprint density at radius 3 is 2.06 bits per heavy atom. The SMILES string of the molecule is NC(CCC(=O)O)C(=O)O.[CH2-]CCCC.[Na+]. The van der Waals surface area contributed by atoms with Crippen LogP contribution in [-0.2, 0) is 9.59 Å². The van der Waals surface area contributed by atoms with Gasteiger partial charge < -0.3 is 22.9 Å². The van der Waals surface area contributed by atoms with E-state index in [0.717, 1.165) is 6.42 Å². The fourth-order valence-electron chi connectivity index (χ4n) is 0.652. The van der Waals surface area contributed by atoms with Crippen molar-refractivity contribution in [2.24, 2.45) is 5.73 Å². The molecule has 0 radical (unpaired) electrons. The van der Waals surface area contributed by atoms with Crippen molar-refractivity contribution >= 4 is 11.9 Å². The summed E-state index contributed by atoms with van der Waals surface area (Å²) in [6.07, 6.45) is 3.43. The number of carbonyl (C=O) groups is 2. The van der Waals surface area contributed by atoms with Gasteiger partial charge in [0.05, 0.1) is 0 Å². The maximum Gasteiger partial charge on any atom is 1.00 e. The van der Waals surface area contributed by atoms with E-state index in [9.17, 15) is 9.59 Å². The standard InChI is InChI=1S/C5H9NO4.C5H11.Na/c6-3(5(9)10)1-2-4(7)8;1-3-5-4-2;/h3H,1-2,6H2,(H,7,8)(H,9,10);1,3-5H2,2H3;/q;-1;+1. The van der Waals surface area contributed by atoms with Crippen LogP contribution >= 0.6 is 0 Å². The first-order valence-electron chi connectivity index (χ1n) is 4.95. The van der Waals surface area contributed by atoms with Crippen LogP contribution < -0.4 is 35.3 Å². The van der Waals surface area contributed by atoms with E-state index in [1.807, 2.05) is 0 Å². The summed E-state index contributed by atoms with van der Waals surface area (Å²) in [5.41, 5.74) is 5.00. The number of nitrogens with two attached hydrogens (primary N) is 1. The Morgan fingerprint density at radius 2 is 1.88 bits per heavy atom. The van der Waals surface area contributed by atoms with Crippen LogP contribution in [0.1, 0.15) is 39.0 Å². The zero-order valence-corrected chi connectivity index (χ0v) is 12.1. The average Bonchev–Trinajstić information content (AvgIpc) is 2.16. The molecule has 0 aliphatic heterocycles. The average molecular weight is 241 g/mol. The van der Waals surface area contributed by atoms with E-state index in [0.29, 0.717) is 0 Å². The molecule has 0 aromatic carbocycles. The quantitative estimate of drug-likeness (QED) is 0.379. The molecular formula is C10H20NNaO4.